The summed E-state index contributed by atoms with van der Waals surface area (Å²) in [6, 6.07) is 9.63. The van der Waals surface area contributed by atoms with Crippen molar-refractivity contribution in [1.82, 2.24) is 0 Å². The van der Waals surface area contributed by atoms with E-state index in [-0.39, 0.29) is 35.3 Å². The standard InChI is InChI=1S/C36H46N2O6/c1-21-14-24(4)34(40)32(44-6)17-22(2)16-29-33(37-27-18-25-11-7-8-12-26(25)19-27)31(39)20-30(35(29)41)38-36(42)23(3)10-9-13-28(15-21)43-5/h7-14,16,20,24,27-28,32,34,37,39-41H,15,17-19H2,1-6H3,(H,38,42)/b13-9?,21-14?,22-16+,23-10+. The second-order valence-corrected chi connectivity index (χ2v) is 12.1. The molecule has 2 aliphatic rings. The van der Waals surface area contributed by atoms with Crippen molar-refractivity contribution in [2.45, 2.75) is 77.7 Å². The Morgan fingerprint density at radius 2 is 1.64 bits per heavy atom. The van der Waals surface area contributed by atoms with Gasteiger partial charge in [-0.05, 0) is 63.7 Å². The van der Waals surface area contributed by atoms with Gasteiger partial charge < -0.3 is 35.4 Å². The highest BCUT2D eigenvalue weighted by Gasteiger charge is 2.27. The summed E-state index contributed by atoms with van der Waals surface area (Å²) in [7, 11) is 3.21. The molecule has 0 radical (unpaired) electrons. The van der Waals surface area contributed by atoms with Gasteiger partial charge in [0.15, 0.2) is 0 Å². The number of allylic oxidation sites excluding steroid dienone is 2. The highest BCUT2D eigenvalue weighted by atomic mass is 16.5. The second-order valence-electron chi connectivity index (χ2n) is 12.1. The monoisotopic (exact) mass is 602 g/mol. The summed E-state index contributed by atoms with van der Waals surface area (Å²) in [5.41, 5.74) is 5.61. The van der Waals surface area contributed by atoms with Crippen molar-refractivity contribution in [2.24, 2.45) is 5.92 Å². The third-order valence-electron chi connectivity index (χ3n) is 8.50. The summed E-state index contributed by atoms with van der Waals surface area (Å²) < 4.78 is 11.4. The maximum atomic E-state index is 13.1. The van der Waals surface area contributed by atoms with Gasteiger partial charge in [-0.25, -0.2) is 0 Å². The quantitative estimate of drug-likeness (QED) is 0.159. The van der Waals surface area contributed by atoms with Gasteiger partial charge in [-0.15, -0.1) is 0 Å². The topological polar surface area (TPSA) is 120 Å². The zero-order valence-electron chi connectivity index (χ0n) is 26.6. The van der Waals surface area contributed by atoms with Gasteiger partial charge in [-0.1, -0.05) is 66.6 Å². The second kappa shape index (κ2) is 14.8. The van der Waals surface area contributed by atoms with Gasteiger partial charge in [0.2, 0.25) is 0 Å². The molecule has 8 nitrogen and oxygen atoms in total. The maximum Gasteiger partial charge on any atom is 0.251 e. The number of anilines is 2. The van der Waals surface area contributed by atoms with E-state index >= 15 is 0 Å². The van der Waals surface area contributed by atoms with Crippen LogP contribution in [-0.2, 0) is 27.1 Å². The van der Waals surface area contributed by atoms with Gasteiger partial charge in [-0.2, -0.15) is 0 Å². The lowest BCUT2D eigenvalue weighted by Crippen LogP contribution is -2.33. The highest BCUT2D eigenvalue weighted by Crippen LogP contribution is 2.43. The molecule has 0 saturated heterocycles. The summed E-state index contributed by atoms with van der Waals surface area (Å²) >= 11 is 0. The van der Waals surface area contributed by atoms with Crippen LogP contribution in [0, 0.1) is 5.92 Å². The van der Waals surface area contributed by atoms with E-state index in [4.69, 9.17) is 9.47 Å². The Morgan fingerprint density at radius 3 is 2.27 bits per heavy atom. The van der Waals surface area contributed by atoms with Crippen LogP contribution < -0.4 is 10.6 Å². The fourth-order valence-corrected chi connectivity index (χ4v) is 6.02. The molecule has 0 fully saturated rings. The Balaban J connectivity index is 1.77. The first-order chi connectivity index (χ1) is 21.0. The van der Waals surface area contributed by atoms with Crippen molar-refractivity contribution in [2.75, 3.05) is 24.9 Å². The average molecular weight is 603 g/mol. The largest absolute Gasteiger partial charge is 0.506 e. The zero-order chi connectivity index (χ0) is 32.0. The molecule has 8 heteroatoms. The smallest absolute Gasteiger partial charge is 0.251 e. The minimum atomic E-state index is -0.787. The van der Waals surface area contributed by atoms with E-state index in [2.05, 4.69) is 22.8 Å². The fourth-order valence-electron chi connectivity index (χ4n) is 6.02. The average Bonchev–Trinajstić information content (AvgIpc) is 3.41. The molecule has 1 heterocycles. The first-order valence-electron chi connectivity index (χ1n) is 15.2. The van der Waals surface area contributed by atoms with Crippen LogP contribution in [0.5, 0.6) is 11.5 Å². The Labute approximate surface area is 260 Å². The summed E-state index contributed by atoms with van der Waals surface area (Å²) in [6.45, 7) is 7.54. The number of ether oxygens (including phenoxy) is 2. The van der Waals surface area contributed by atoms with E-state index in [0.717, 1.165) is 24.0 Å². The molecule has 236 valence electrons. The maximum absolute atomic E-state index is 13.1. The molecule has 2 aromatic carbocycles. The summed E-state index contributed by atoms with van der Waals surface area (Å²) in [4.78, 5) is 13.1. The summed E-state index contributed by atoms with van der Waals surface area (Å²) in [5.74, 6) is -0.874. The number of rotatable bonds is 4. The number of phenols is 2. The van der Waals surface area contributed by atoms with Crippen molar-refractivity contribution in [3.8, 4) is 11.5 Å². The lowest BCUT2D eigenvalue weighted by Gasteiger charge is -2.26. The van der Waals surface area contributed by atoms with Crippen molar-refractivity contribution in [3.05, 3.63) is 88.0 Å². The number of hydrogen-bond acceptors (Lipinski definition) is 7. The van der Waals surface area contributed by atoms with E-state index < -0.39 is 18.1 Å². The molecular weight excluding hydrogens is 556 g/mol. The van der Waals surface area contributed by atoms with E-state index in [1.165, 1.54) is 17.2 Å². The number of aromatic hydroxyl groups is 2. The molecule has 44 heavy (non-hydrogen) atoms. The van der Waals surface area contributed by atoms with Crippen molar-refractivity contribution < 1.29 is 29.6 Å². The third-order valence-corrected chi connectivity index (χ3v) is 8.50. The SMILES string of the molecule is COC1C=C/C=C(\C)C(=O)Nc2cc(O)c(NC3Cc4ccccc4C3)c(c2O)/C=C(\C)CC(OC)C(O)C(C)C=C(C)C1. The van der Waals surface area contributed by atoms with Crippen molar-refractivity contribution in [1.29, 1.82) is 0 Å². The first-order valence-corrected chi connectivity index (χ1v) is 15.2. The van der Waals surface area contributed by atoms with Gasteiger partial charge in [0, 0.05) is 43.4 Å². The van der Waals surface area contributed by atoms with E-state index in [9.17, 15) is 20.1 Å². The Hall–Kier alpha value is -3.85. The summed E-state index contributed by atoms with van der Waals surface area (Å²) in [6.07, 6.45) is 10.2. The minimum Gasteiger partial charge on any atom is -0.506 e. The fraction of sp³-hybridized carbons (Fsp3) is 0.417. The molecule has 2 bridgehead atoms. The summed E-state index contributed by atoms with van der Waals surface area (Å²) in [5, 5.41) is 40.2. The molecular formula is C36H46N2O6. The van der Waals surface area contributed by atoms with Gasteiger partial charge in [0.25, 0.3) is 5.91 Å². The van der Waals surface area contributed by atoms with Gasteiger partial charge in [-0.3, -0.25) is 4.79 Å². The van der Waals surface area contributed by atoms with Crippen LogP contribution in [0.3, 0.4) is 0 Å². The highest BCUT2D eigenvalue weighted by molar-refractivity contribution is 6.05. The number of aliphatic hydroxyl groups is 1. The van der Waals surface area contributed by atoms with Gasteiger partial charge in [0.05, 0.1) is 29.7 Å². The molecule has 4 atom stereocenters. The molecule has 4 unspecified atom stereocenters. The van der Waals surface area contributed by atoms with Crippen LogP contribution in [0.25, 0.3) is 6.08 Å². The third kappa shape index (κ3) is 8.00. The molecule has 0 aromatic heterocycles. The molecule has 4 rings (SSSR count). The predicted molar refractivity (Wildman–Crippen MR) is 176 cm³/mol. The number of amides is 1. The lowest BCUT2D eigenvalue weighted by molar-refractivity contribution is -0.112. The molecule has 2 aromatic rings. The van der Waals surface area contributed by atoms with Gasteiger partial charge >= 0.3 is 0 Å². The first kappa shape index (κ1) is 33.1. The normalized spacial score (nSPS) is 26.2. The molecule has 1 amide bonds. The molecule has 1 aliphatic carbocycles. The number of benzene rings is 2. The van der Waals surface area contributed by atoms with Crippen molar-refractivity contribution >= 4 is 23.4 Å². The Kier molecular flexibility index (Phi) is 11.1. The number of hydrogen-bond donors (Lipinski definition) is 5. The van der Waals surface area contributed by atoms with Gasteiger partial charge in [0.1, 0.15) is 11.5 Å². The van der Waals surface area contributed by atoms with E-state index in [1.807, 2.05) is 45.1 Å². The lowest BCUT2D eigenvalue weighted by atomic mass is 9.92. The number of nitrogens with one attached hydrogen (secondary N) is 2. The molecule has 5 N–H and O–H groups in total. The number of fused-ring (bicyclic) bond motifs is 3. The van der Waals surface area contributed by atoms with Crippen LogP contribution in [-0.4, -0.2) is 59.8 Å². The Morgan fingerprint density at radius 1 is 0.955 bits per heavy atom. The van der Waals surface area contributed by atoms with Crippen molar-refractivity contribution in [3.63, 3.8) is 0 Å². The van der Waals surface area contributed by atoms with Crippen LogP contribution >= 0.6 is 0 Å². The molecule has 0 saturated carbocycles. The predicted octanol–water partition coefficient (Wildman–Crippen LogP) is 6.29. The number of phenolic OH excluding ortho intramolecular Hbond substituents is 2. The number of aliphatic hydroxyl groups excluding tert-OH is 1. The van der Waals surface area contributed by atoms with Crippen LogP contribution in [0.4, 0.5) is 11.4 Å². The van der Waals surface area contributed by atoms with Crippen LogP contribution in [0.15, 0.2) is 71.4 Å². The zero-order valence-corrected chi connectivity index (χ0v) is 26.6. The van der Waals surface area contributed by atoms with E-state index in [0.29, 0.717) is 29.7 Å². The van der Waals surface area contributed by atoms with Crippen LogP contribution in [0.1, 0.15) is 57.2 Å². The Bertz CT molecular complexity index is 1450. The van der Waals surface area contributed by atoms with Crippen LogP contribution in [0.2, 0.25) is 0 Å². The molecule has 0 spiro atoms. The number of methoxy groups -OCH3 is 2. The minimum absolute atomic E-state index is 0.0115. The number of carbonyl (C=O) groups is 1. The molecule has 1 aliphatic heterocycles. The number of carbonyl (C=O) groups excluding carboxylic acids is 1. The van der Waals surface area contributed by atoms with E-state index in [1.54, 1.807) is 39.4 Å².